The Hall–Kier alpha value is -4.01. The zero-order chi connectivity index (χ0) is 26.4. The van der Waals surface area contributed by atoms with Crippen molar-refractivity contribution in [2.45, 2.75) is 6.92 Å². The van der Waals surface area contributed by atoms with Gasteiger partial charge in [0.05, 0.1) is 17.2 Å². The van der Waals surface area contributed by atoms with Crippen molar-refractivity contribution in [2.75, 3.05) is 31.1 Å². The van der Waals surface area contributed by atoms with Crippen molar-refractivity contribution in [1.82, 2.24) is 25.1 Å². The fraction of sp³-hybridized carbons (Fsp3) is 0.179. The number of nitrogens with one attached hydrogen (secondary N) is 2. The van der Waals surface area contributed by atoms with Gasteiger partial charge in [-0.3, -0.25) is 15.3 Å². The van der Waals surface area contributed by atoms with Crippen LogP contribution in [0.1, 0.15) is 11.1 Å². The number of nitrogens with zero attached hydrogens (tertiary/aromatic N) is 5. The number of H-pyrrole nitrogens is 1. The molecule has 6 rings (SSSR count). The Labute approximate surface area is 228 Å². The standard InChI is InChI=1S/C28H23Cl2N7O/c1-16-2-7-23-21(14-34-35-23)25(16)19-13-24-20(12-22(19)30)27(33-15-32-24)36-8-10-37(11-9-36)28(38)26(31)17-3-5-18(29)6-4-17/h2-7,12-15,31H,8-11H2,1H3,(H,34,35). The van der Waals surface area contributed by atoms with E-state index in [-0.39, 0.29) is 11.6 Å². The van der Waals surface area contributed by atoms with E-state index in [1.807, 2.05) is 24.4 Å². The van der Waals surface area contributed by atoms with E-state index in [9.17, 15) is 4.79 Å². The maximum Gasteiger partial charge on any atom is 0.272 e. The van der Waals surface area contributed by atoms with Crippen molar-refractivity contribution in [2.24, 2.45) is 0 Å². The Balaban J connectivity index is 1.26. The number of aromatic nitrogens is 4. The molecule has 2 N–H and O–H groups in total. The molecule has 3 aromatic carbocycles. The fourth-order valence-electron chi connectivity index (χ4n) is 5.01. The molecule has 1 aliphatic heterocycles. The van der Waals surface area contributed by atoms with Crippen molar-refractivity contribution in [1.29, 1.82) is 5.41 Å². The zero-order valence-corrected chi connectivity index (χ0v) is 22.0. The number of carbonyl (C=O) groups is 1. The van der Waals surface area contributed by atoms with Gasteiger partial charge in [0, 0.05) is 58.1 Å². The Morgan fingerprint density at radius 2 is 1.74 bits per heavy atom. The van der Waals surface area contributed by atoms with Gasteiger partial charge in [0.25, 0.3) is 5.91 Å². The number of hydrogen-bond acceptors (Lipinski definition) is 6. The number of amides is 1. The minimum atomic E-state index is -0.295. The first-order chi connectivity index (χ1) is 18.4. The first-order valence-electron chi connectivity index (χ1n) is 12.2. The lowest BCUT2D eigenvalue weighted by Crippen LogP contribution is -2.51. The number of anilines is 1. The van der Waals surface area contributed by atoms with Crippen molar-refractivity contribution in [3.8, 4) is 11.1 Å². The van der Waals surface area contributed by atoms with Crippen LogP contribution in [0.3, 0.4) is 0 Å². The molecule has 10 heteroatoms. The molecule has 8 nitrogen and oxygen atoms in total. The average molecular weight is 544 g/mol. The lowest BCUT2D eigenvalue weighted by atomic mass is 9.96. The summed E-state index contributed by atoms with van der Waals surface area (Å²) in [6.45, 7) is 4.18. The van der Waals surface area contributed by atoms with E-state index >= 15 is 0 Å². The number of fused-ring (bicyclic) bond motifs is 2. The lowest BCUT2D eigenvalue weighted by Gasteiger charge is -2.35. The highest BCUT2D eigenvalue weighted by molar-refractivity contribution is 6.44. The summed E-state index contributed by atoms with van der Waals surface area (Å²) in [5.41, 5.74) is 5.27. The number of rotatable bonds is 4. The second kappa shape index (κ2) is 9.70. The third-order valence-corrected chi connectivity index (χ3v) is 7.58. The average Bonchev–Trinajstić information content (AvgIpc) is 3.41. The molecule has 5 aromatic rings. The maximum atomic E-state index is 13.0. The number of aromatic amines is 1. The predicted molar refractivity (Wildman–Crippen MR) is 151 cm³/mol. The Kier molecular flexibility index (Phi) is 6.21. The van der Waals surface area contributed by atoms with Crippen molar-refractivity contribution in [3.05, 3.63) is 82.2 Å². The van der Waals surface area contributed by atoms with E-state index in [4.69, 9.17) is 28.6 Å². The predicted octanol–water partition coefficient (Wildman–Crippen LogP) is 5.50. The molecule has 0 radical (unpaired) electrons. The summed E-state index contributed by atoms with van der Waals surface area (Å²) in [6.07, 6.45) is 3.38. The first kappa shape index (κ1) is 24.3. The summed E-state index contributed by atoms with van der Waals surface area (Å²) in [5, 5.41) is 18.6. The SMILES string of the molecule is Cc1ccc2[nH]ncc2c1-c1cc2ncnc(N3CCN(C(=O)C(=N)c4ccc(Cl)cc4)CC3)c2cc1Cl. The van der Waals surface area contributed by atoms with Crippen LogP contribution in [0.2, 0.25) is 10.0 Å². The maximum absolute atomic E-state index is 13.0. The minimum Gasteiger partial charge on any atom is -0.352 e. The molecule has 38 heavy (non-hydrogen) atoms. The minimum absolute atomic E-state index is 0.0372. The zero-order valence-electron chi connectivity index (χ0n) is 20.5. The van der Waals surface area contributed by atoms with E-state index in [0.717, 1.165) is 44.3 Å². The van der Waals surface area contributed by atoms with Gasteiger partial charge in [0.15, 0.2) is 0 Å². The van der Waals surface area contributed by atoms with Gasteiger partial charge in [0.2, 0.25) is 0 Å². The molecular formula is C28H23Cl2N7O. The van der Waals surface area contributed by atoms with E-state index in [1.54, 1.807) is 35.5 Å². The summed E-state index contributed by atoms with van der Waals surface area (Å²) < 4.78 is 0. The third kappa shape index (κ3) is 4.25. The number of piperazine rings is 1. The van der Waals surface area contributed by atoms with Gasteiger partial charge in [-0.1, -0.05) is 41.4 Å². The smallest absolute Gasteiger partial charge is 0.272 e. The Bertz CT molecular complexity index is 1710. The van der Waals surface area contributed by atoms with Crippen molar-refractivity contribution < 1.29 is 4.79 Å². The molecule has 3 heterocycles. The molecule has 0 unspecified atom stereocenters. The van der Waals surface area contributed by atoms with Gasteiger partial charge in [0.1, 0.15) is 17.9 Å². The van der Waals surface area contributed by atoms with Gasteiger partial charge in [-0.2, -0.15) is 5.10 Å². The fourth-order valence-corrected chi connectivity index (χ4v) is 5.39. The van der Waals surface area contributed by atoms with Gasteiger partial charge < -0.3 is 9.80 Å². The number of aryl methyl sites for hydroxylation is 1. The summed E-state index contributed by atoms with van der Waals surface area (Å²) in [6, 6.07) is 14.7. The van der Waals surface area contributed by atoms with E-state index in [1.165, 1.54) is 0 Å². The molecule has 1 saturated heterocycles. The van der Waals surface area contributed by atoms with Crippen LogP contribution in [0.5, 0.6) is 0 Å². The molecule has 1 fully saturated rings. The third-order valence-electron chi connectivity index (χ3n) is 7.02. The van der Waals surface area contributed by atoms with Gasteiger partial charge in [-0.25, -0.2) is 9.97 Å². The molecule has 0 aliphatic carbocycles. The second-order valence-electron chi connectivity index (χ2n) is 9.30. The van der Waals surface area contributed by atoms with Crippen LogP contribution in [0.25, 0.3) is 32.9 Å². The van der Waals surface area contributed by atoms with Crippen LogP contribution in [0.15, 0.2) is 61.1 Å². The molecule has 0 saturated carbocycles. The van der Waals surface area contributed by atoms with E-state index in [0.29, 0.717) is 41.8 Å². The monoisotopic (exact) mass is 543 g/mol. The Morgan fingerprint density at radius 1 is 0.974 bits per heavy atom. The number of hydrogen-bond donors (Lipinski definition) is 2. The van der Waals surface area contributed by atoms with Crippen LogP contribution in [-0.4, -0.2) is 62.9 Å². The molecule has 0 atom stereocenters. The largest absolute Gasteiger partial charge is 0.352 e. The summed E-state index contributed by atoms with van der Waals surface area (Å²) >= 11 is 12.8. The van der Waals surface area contributed by atoms with Crippen LogP contribution in [0, 0.1) is 12.3 Å². The van der Waals surface area contributed by atoms with Crippen molar-refractivity contribution in [3.63, 3.8) is 0 Å². The topological polar surface area (TPSA) is 102 Å². The summed E-state index contributed by atoms with van der Waals surface area (Å²) in [5.74, 6) is 0.484. The first-order valence-corrected chi connectivity index (χ1v) is 12.9. The molecule has 1 amide bonds. The molecule has 1 aliphatic rings. The molecule has 2 aromatic heterocycles. The van der Waals surface area contributed by atoms with Crippen LogP contribution < -0.4 is 4.90 Å². The number of halogens is 2. The number of carbonyl (C=O) groups excluding carboxylic acids is 1. The molecule has 190 valence electrons. The van der Waals surface area contributed by atoms with Crippen molar-refractivity contribution >= 4 is 62.4 Å². The van der Waals surface area contributed by atoms with E-state index < -0.39 is 0 Å². The van der Waals surface area contributed by atoms with Gasteiger partial charge in [-0.15, -0.1) is 0 Å². The molecule has 0 spiro atoms. The van der Waals surface area contributed by atoms with Crippen LogP contribution in [0.4, 0.5) is 5.82 Å². The van der Waals surface area contributed by atoms with E-state index in [2.05, 4.69) is 38.1 Å². The highest BCUT2D eigenvalue weighted by Gasteiger charge is 2.26. The highest BCUT2D eigenvalue weighted by Crippen LogP contribution is 2.39. The lowest BCUT2D eigenvalue weighted by molar-refractivity contribution is -0.124. The molecule has 0 bridgehead atoms. The van der Waals surface area contributed by atoms with Crippen LogP contribution in [-0.2, 0) is 4.79 Å². The normalized spacial score (nSPS) is 13.9. The summed E-state index contributed by atoms with van der Waals surface area (Å²) in [4.78, 5) is 25.9. The quantitative estimate of drug-likeness (QED) is 0.291. The van der Waals surface area contributed by atoms with Gasteiger partial charge in [-0.05, 0) is 48.4 Å². The Morgan fingerprint density at radius 3 is 2.50 bits per heavy atom. The number of benzene rings is 3. The van der Waals surface area contributed by atoms with Crippen LogP contribution >= 0.6 is 23.2 Å². The second-order valence-corrected chi connectivity index (χ2v) is 10.1. The molecular weight excluding hydrogens is 521 g/mol. The van der Waals surface area contributed by atoms with Gasteiger partial charge >= 0.3 is 0 Å². The summed E-state index contributed by atoms with van der Waals surface area (Å²) in [7, 11) is 0. The highest BCUT2D eigenvalue weighted by atomic mass is 35.5.